The maximum Gasteiger partial charge on any atom is 0.417 e. The number of nitrogens with zero attached hydrogens (tertiary/aromatic N) is 1. The van der Waals surface area contributed by atoms with E-state index in [1.54, 1.807) is 0 Å². The number of phenols is 2. The molecule has 0 saturated carbocycles. The lowest BCUT2D eigenvalue weighted by Crippen LogP contribution is -2.05. The lowest BCUT2D eigenvalue weighted by atomic mass is 10.1. The summed E-state index contributed by atoms with van der Waals surface area (Å²) in [5, 5.41) is 18.7. The van der Waals surface area contributed by atoms with E-state index < -0.39 is 23.2 Å². The number of halogens is 4. The first-order valence-electron chi connectivity index (χ1n) is 5.04. The van der Waals surface area contributed by atoms with E-state index in [0.717, 1.165) is 0 Å². The SMILES string of the molecule is Oc1cccc(-c2ncc(C(F)(F)F)cc2Cl)c1O. The van der Waals surface area contributed by atoms with E-state index in [9.17, 15) is 23.4 Å². The topological polar surface area (TPSA) is 53.4 Å². The van der Waals surface area contributed by atoms with Crippen LogP contribution in [-0.4, -0.2) is 15.2 Å². The van der Waals surface area contributed by atoms with Crippen molar-refractivity contribution >= 4 is 11.6 Å². The highest BCUT2D eigenvalue weighted by Gasteiger charge is 2.31. The van der Waals surface area contributed by atoms with Crippen LogP contribution in [0.3, 0.4) is 0 Å². The molecule has 0 aliphatic carbocycles. The molecule has 19 heavy (non-hydrogen) atoms. The Kier molecular flexibility index (Phi) is 3.28. The van der Waals surface area contributed by atoms with Crippen LogP contribution < -0.4 is 0 Å². The number of rotatable bonds is 1. The predicted molar refractivity (Wildman–Crippen MR) is 63.0 cm³/mol. The zero-order valence-corrected chi connectivity index (χ0v) is 10.00. The first kappa shape index (κ1) is 13.5. The maximum absolute atomic E-state index is 12.5. The average molecular weight is 290 g/mol. The molecule has 1 aromatic carbocycles. The van der Waals surface area contributed by atoms with Crippen molar-refractivity contribution in [3.63, 3.8) is 0 Å². The molecule has 0 saturated heterocycles. The lowest BCUT2D eigenvalue weighted by molar-refractivity contribution is -0.137. The average Bonchev–Trinajstić information content (AvgIpc) is 2.32. The third-order valence-electron chi connectivity index (χ3n) is 2.44. The van der Waals surface area contributed by atoms with Crippen LogP contribution in [0.25, 0.3) is 11.3 Å². The Bertz CT molecular complexity index is 629. The molecule has 0 fully saturated rings. The molecule has 1 heterocycles. The second-order valence-corrected chi connectivity index (χ2v) is 4.13. The first-order valence-corrected chi connectivity index (χ1v) is 5.42. The van der Waals surface area contributed by atoms with Crippen LogP contribution in [0.2, 0.25) is 5.02 Å². The van der Waals surface area contributed by atoms with E-state index >= 15 is 0 Å². The van der Waals surface area contributed by atoms with E-state index in [0.29, 0.717) is 12.3 Å². The maximum atomic E-state index is 12.5. The van der Waals surface area contributed by atoms with Crippen LogP contribution >= 0.6 is 11.6 Å². The van der Waals surface area contributed by atoms with Gasteiger partial charge in [0, 0.05) is 11.8 Å². The molecule has 3 nitrogen and oxygen atoms in total. The van der Waals surface area contributed by atoms with Crippen molar-refractivity contribution in [3.05, 3.63) is 41.0 Å². The summed E-state index contributed by atoms with van der Waals surface area (Å²) in [6.45, 7) is 0. The second kappa shape index (κ2) is 4.62. The monoisotopic (exact) mass is 289 g/mol. The van der Waals surface area contributed by atoms with Crippen molar-refractivity contribution in [2.75, 3.05) is 0 Å². The number of para-hydroxylation sites is 1. The second-order valence-electron chi connectivity index (χ2n) is 3.73. The summed E-state index contributed by atoms with van der Waals surface area (Å²) in [5.41, 5.74) is -0.970. The van der Waals surface area contributed by atoms with E-state index in [1.165, 1.54) is 18.2 Å². The van der Waals surface area contributed by atoms with Crippen molar-refractivity contribution in [1.29, 1.82) is 0 Å². The number of aromatic hydroxyl groups is 2. The summed E-state index contributed by atoms with van der Waals surface area (Å²) < 4.78 is 37.4. The molecule has 2 rings (SSSR count). The third-order valence-corrected chi connectivity index (χ3v) is 2.73. The number of hydrogen-bond donors (Lipinski definition) is 2. The number of phenolic OH excluding ortho intramolecular Hbond substituents is 2. The van der Waals surface area contributed by atoms with Crippen LogP contribution in [0.4, 0.5) is 13.2 Å². The minimum Gasteiger partial charge on any atom is -0.504 e. The number of alkyl halides is 3. The molecule has 1 aromatic heterocycles. The quantitative estimate of drug-likeness (QED) is 0.784. The normalized spacial score (nSPS) is 11.6. The minimum absolute atomic E-state index is 0.0388. The molecule has 0 radical (unpaired) electrons. The molecule has 100 valence electrons. The number of benzene rings is 1. The van der Waals surface area contributed by atoms with Crippen molar-refractivity contribution in [2.24, 2.45) is 0 Å². The number of aromatic nitrogens is 1. The van der Waals surface area contributed by atoms with Gasteiger partial charge in [0.25, 0.3) is 0 Å². The number of hydrogen-bond acceptors (Lipinski definition) is 3. The fraction of sp³-hybridized carbons (Fsp3) is 0.0833. The van der Waals surface area contributed by atoms with Crippen molar-refractivity contribution in [2.45, 2.75) is 6.18 Å². The van der Waals surface area contributed by atoms with Crippen molar-refractivity contribution in [3.8, 4) is 22.8 Å². The fourth-order valence-electron chi connectivity index (χ4n) is 1.51. The smallest absolute Gasteiger partial charge is 0.417 e. The molecule has 0 bridgehead atoms. The largest absolute Gasteiger partial charge is 0.504 e. The van der Waals surface area contributed by atoms with Gasteiger partial charge in [0.1, 0.15) is 0 Å². The van der Waals surface area contributed by atoms with Gasteiger partial charge in [0.15, 0.2) is 11.5 Å². The zero-order valence-electron chi connectivity index (χ0n) is 9.24. The Labute approximate surface area is 110 Å². The Balaban J connectivity index is 2.56. The molecule has 0 aliphatic heterocycles. The molecule has 0 amide bonds. The fourth-order valence-corrected chi connectivity index (χ4v) is 1.78. The first-order chi connectivity index (χ1) is 8.80. The highest BCUT2D eigenvalue weighted by atomic mass is 35.5. The molecule has 0 spiro atoms. The van der Waals surface area contributed by atoms with Gasteiger partial charge < -0.3 is 10.2 Å². The Morgan fingerprint density at radius 1 is 1.16 bits per heavy atom. The summed E-state index contributed by atoms with van der Waals surface area (Å²) in [4.78, 5) is 3.59. The molecule has 0 atom stereocenters. The van der Waals surface area contributed by atoms with Gasteiger partial charge in [0.05, 0.1) is 16.3 Å². The Hall–Kier alpha value is -1.95. The molecule has 0 aliphatic rings. The molecule has 7 heteroatoms. The van der Waals surface area contributed by atoms with Gasteiger partial charge in [0.2, 0.25) is 0 Å². The van der Waals surface area contributed by atoms with Crippen LogP contribution in [-0.2, 0) is 6.18 Å². The van der Waals surface area contributed by atoms with E-state index in [4.69, 9.17) is 11.6 Å². The highest BCUT2D eigenvalue weighted by molar-refractivity contribution is 6.33. The Morgan fingerprint density at radius 2 is 1.84 bits per heavy atom. The molecule has 2 aromatic rings. The highest BCUT2D eigenvalue weighted by Crippen LogP contribution is 2.39. The van der Waals surface area contributed by atoms with Gasteiger partial charge >= 0.3 is 6.18 Å². The van der Waals surface area contributed by atoms with Crippen LogP contribution in [0.5, 0.6) is 11.5 Å². The van der Waals surface area contributed by atoms with Gasteiger partial charge in [-0.3, -0.25) is 4.98 Å². The van der Waals surface area contributed by atoms with Gasteiger partial charge in [-0.15, -0.1) is 0 Å². The van der Waals surface area contributed by atoms with E-state index in [-0.39, 0.29) is 16.3 Å². The predicted octanol–water partition coefficient (Wildman–Crippen LogP) is 3.83. The van der Waals surface area contributed by atoms with E-state index in [2.05, 4.69) is 4.98 Å². The molecular weight excluding hydrogens is 283 g/mol. The number of pyridine rings is 1. The lowest BCUT2D eigenvalue weighted by Gasteiger charge is -2.10. The molecule has 0 unspecified atom stereocenters. The summed E-state index contributed by atoms with van der Waals surface area (Å²) >= 11 is 5.74. The zero-order chi connectivity index (χ0) is 14.2. The summed E-state index contributed by atoms with van der Waals surface area (Å²) in [5.74, 6) is -0.896. The van der Waals surface area contributed by atoms with Gasteiger partial charge in [-0.05, 0) is 18.2 Å². The van der Waals surface area contributed by atoms with Crippen LogP contribution in [0, 0.1) is 0 Å². The van der Waals surface area contributed by atoms with Gasteiger partial charge in [-0.2, -0.15) is 13.2 Å². The van der Waals surface area contributed by atoms with Crippen LogP contribution in [0.15, 0.2) is 30.5 Å². The Morgan fingerprint density at radius 3 is 2.42 bits per heavy atom. The summed E-state index contributed by atoms with van der Waals surface area (Å²) in [6.07, 6.45) is -3.93. The van der Waals surface area contributed by atoms with Gasteiger partial charge in [-0.1, -0.05) is 17.7 Å². The third kappa shape index (κ3) is 2.58. The van der Waals surface area contributed by atoms with E-state index in [1.807, 2.05) is 0 Å². The summed E-state index contributed by atoms with van der Waals surface area (Å²) in [6, 6.07) is 4.75. The van der Waals surface area contributed by atoms with Crippen molar-refractivity contribution in [1.82, 2.24) is 4.98 Å². The van der Waals surface area contributed by atoms with Crippen molar-refractivity contribution < 1.29 is 23.4 Å². The van der Waals surface area contributed by atoms with Crippen LogP contribution in [0.1, 0.15) is 5.56 Å². The standard InChI is InChI=1S/C12H7ClF3NO2/c13-8-4-6(12(14,15)16)5-17-10(8)7-2-1-3-9(18)11(7)19/h1-5,18-19H. The minimum atomic E-state index is -4.55. The molecule has 2 N–H and O–H groups in total. The van der Waals surface area contributed by atoms with Gasteiger partial charge in [-0.25, -0.2) is 0 Å². The molecular formula is C12H7ClF3NO2. The summed E-state index contributed by atoms with van der Waals surface area (Å²) in [7, 11) is 0.